The molecule has 0 atom stereocenters. The van der Waals surface area contributed by atoms with Gasteiger partial charge < -0.3 is 14.7 Å². The van der Waals surface area contributed by atoms with Crippen LogP contribution in [-0.2, 0) is 0 Å². The molecular weight excluding hydrogens is 473 g/mol. The van der Waals surface area contributed by atoms with E-state index in [4.69, 9.17) is 0 Å². The fourth-order valence-corrected chi connectivity index (χ4v) is 7.39. The van der Waals surface area contributed by atoms with Crippen LogP contribution in [0.1, 0.15) is 39.5 Å². The van der Waals surface area contributed by atoms with Crippen LogP contribution in [0.4, 0.5) is 22.7 Å². The summed E-state index contributed by atoms with van der Waals surface area (Å²) in [6.45, 7) is 4.89. The topological polar surface area (TPSA) is 9.72 Å². The Morgan fingerprint density at radius 2 is 1.56 bits per heavy atom. The Balaban J connectivity index is 1.46. The van der Waals surface area contributed by atoms with Crippen molar-refractivity contribution in [3.05, 3.63) is 120 Å². The molecule has 0 unspecified atom stereocenters. The lowest BCUT2D eigenvalue weighted by Gasteiger charge is -2.49. The fraction of sp³-hybridized carbons (Fsp3) is 0.200. The van der Waals surface area contributed by atoms with Crippen LogP contribution in [0.2, 0.25) is 0 Å². The number of hydrogen-bond donors (Lipinski definition) is 0. The molecule has 0 N–H and O–H groups in total. The minimum Gasteiger partial charge on any atom is -0.317 e. The molecular formula is C35H30BN3. The van der Waals surface area contributed by atoms with Gasteiger partial charge in [0.05, 0.1) is 11.4 Å². The van der Waals surface area contributed by atoms with Gasteiger partial charge in [0, 0.05) is 41.3 Å². The highest BCUT2D eigenvalue weighted by molar-refractivity contribution is 6.94. The van der Waals surface area contributed by atoms with Gasteiger partial charge in [0.15, 0.2) is 0 Å². The molecule has 0 saturated carbocycles. The molecule has 188 valence electrons. The summed E-state index contributed by atoms with van der Waals surface area (Å²) >= 11 is 0. The Labute approximate surface area is 231 Å². The zero-order valence-corrected chi connectivity index (χ0v) is 22.5. The first kappa shape index (κ1) is 22.6. The number of nitrogens with zero attached hydrogens (tertiary/aromatic N) is 3. The summed E-state index contributed by atoms with van der Waals surface area (Å²) in [5, 5.41) is 0. The monoisotopic (exact) mass is 503 g/mol. The first-order valence-corrected chi connectivity index (χ1v) is 14.1. The van der Waals surface area contributed by atoms with E-state index in [0.717, 1.165) is 25.7 Å². The quantitative estimate of drug-likeness (QED) is 0.291. The third-order valence-corrected chi connectivity index (χ3v) is 8.82. The number of anilines is 4. The smallest absolute Gasteiger partial charge is 0.251 e. The molecule has 0 bridgehead atoms. The molecule has 0 fully saturated rings. The van der Waals surface area contributed by atoms with Gasteiger partial charge in [-0.1, -0.05) is 72.5 Å². The van der Waals surface area contributed by atoms with Crippen LogP contribution in [0, 0.1) is 11.8 Å². The predicted octanol–water partition coefficient (Wildman–Crippen LogP) is 6.53. The molecule has 0 spiro atoms. The van der Waals surface area contributed by atoms with E-state index in [1.165, 1.54) is 56.2 Å². The van der Waals surface area contributed by atoms with E-state index in [1.807, 2.05) is 0 Å². The average molecular weight is 503 g/mol. The molecule has 0 amide bonds. The molecule has 3 nitrogen and oxygen atoms in total. The third-order valence-electron chi connectivity index (χ3n) is 8.82. The summed E-state index contributed by atoms with van der Waals surface area (Å²) in [4.78, 5) is 7.64. The van der Waals surface area contributed by atoms with E-state index in [-0.39, 0.29) is 12.4 Å². The normalized spacial score (nSPS) is 21.1. The Morgan fingerprint density at radius 1 is 0.769 bits per heavy atom. The van der Waals surface area contributed by atoms with Crippen LogP contribution in [0.15, 0.2) is 120 Å². The average Bonchev–Trinajstić information content (AvgIpc) is 3.20. The second-order valence-corrected chi connectivity index (χ2v) is 11.3. The molecule has 2 aliphatic carbocycles. The van der Waals surface area contributed by atoms with E-state index >= 15 is 0 Å². The van der Waals surface area contributed by atoms with Crippen molar-refractivity contribution in [3.8, 4) is 11.8 Å². The van der Waals surface area contributed by atoms with Gasteiger partial charge in [0.25, 0.3) is 6.71 Å². The molecule has 0 radical (unpaired) electrons. The second-order valence-electron chi connectivity index (χ2n) is 11.3. The third kappa shape index (κ3) is 3.08. The molecule has 5 aliphatic rings. The number of allylic oxidation sites excluding steroid dienone is 6. The highest BCUT2D eigenvalue weighted by atomic mass is 15.5. The molecule has 3 aromatic carbocycles. The van der Waals surface area contributed by atoms with E-state index in [0.29, 0.717) is 0 Å². The Kier molecular flexibility index (Phi) is 4.82. The van der Waals surface area contributed by atoms with Crippen molar-refractivity contribution < 1.29 is 0 Å². The van der Waals surface area contributed by atoms with Crippen LogP contribution in [-0.4, -0.2) is 12.4 Å². The van der Waals surface area contributed by atoms with Gasteiger partial charge in [-0.15, -0.1) is 0 Å². The lowest BCUT2D eigenvalue weighted by Crippen LogP contribution is -2.60. The van der Waals surface area contributed by atoms with Crippen molar-refractivity contribution in [2.75, 3.05) is 14.7 Å². The van der Waals surface area contributed by atoms with Crippen molar-refractivity contribution in [3.63, 3.8) is 0 Å². The van der Waals surface area contributed by atoms with Crippen LogP contribution in [0.3, 0.4) is 0 Å². The SMILES string of the molecule is CC1(C)N2/C3=C/CC#CCC4=C3B(c3ccccc3N4C3=CCCC=C3)c3cccc(c32)N1c1ccccc1. The molecule has 3 heterocycles. The predicted molar refractivity (Wildman–Crippen MR) is 164 cm³/mol. The van der Waals surface area contributed by atoms with Gasteiger partial charge in [-0.3, -0.25) is 0 Å². The largest absolute Gasteiger partial charge is 0.317 e. The molecule has 4 heteroatoms. The van der Waals surface area contributed by atoms with E-state index < -0.39 is 0 Å². The summed E-state index contributed by atoms with van der Waals surface area (Å²) in [5.41, 5.74) is 12.9. The minimum atomic E-state index is -0.298. The molecule has 3 aromatic rings. The van der Waals surface area contributed by atoms with E-state index in [2.05, 4.69) is 137 Å². The van der Waals surface area contributed by atoms with Crippen molar-refractivity contribution in [1.82, 2.24) is 0 Å². The maximum atomic E-state index is 3.53. The molecule has 3 aliphatic heterocycles. The van der Waals surface area contributed by atoms with E-state index in [1.54, 1.807) is 0 Å². The zero-order chi connectivity index (χ0) is 26.1. The Bertz CT molecular complexity index is 1710. The van der Waals surface area contributed by atoms with Gasteiger partial charge in [-0.25, -0.2) is 0 Å². The van der Waals surface area contributed by atoms with Crippen molar-refractivity contribution in [2.45, 2.75) is 45.2 Å². The molecule has 39 heavy (non-hydrogen) atoms. The van der Waals surface area contributed by atoms with Gasteiger partial charge >= 0.3 is 0 Å². The number of rotatable bonds is 2. The summed E-state index contributed by atoms with van der Waals surface area (Å²) in [5.74, 6) is 6.99. The number of hydrogen-bond acceptors (Lipinski definition) is 3. The zero-order valence-electron chi connectivity index (χ0n) is 22.5. The van der Waals surface area contributed by atoms with Gasteiger partial charge in [-0.05, 0) is 79.5 Å². The first-order chi connectivity index (χ1) is 19.2. The lowest BCUT2D eigenvalue weighted by molar-refractivity contribution is 0.526. The highest BCUT2D eigenvalue weighted by Crippen LogP contribution is 2.54. The summed E-state index contributed by atoms with van der Waals surface area (Å²) in [6, 6.07) is 26.8. The summed E-state index contributed by atoms with van der Waals surface area (Å²) < 4.78 is 0. The fourth-order valence-electron chi connectivity index (χ4n) is 7.39. The van der Waals surface area contributed by atoms with Gasteiger partial charge in [-0.2, -0.15) is 0 Å². The Hall–Kier alpha value is -4.36. The Morgan fingerprint density at radius 3 is 2.41 bits per heavy atom. The number of benzene rings is 3. The van der Waals surface area contributed by atoms with Crippen molar-refractivity contribution in [2.24, 2.45) is 0 Å². The molecule has 0 aromatic heterocycles. The number of fused-ring (bicyclic) bond motifs is 4. The lowest BCUT2D eigenvalue weighted by atomic mass is 9.32. The second kappa shape index (κ2) is 8.32. The van der Waals surface area contributed by atoms with Crippen molar-refractivity contribution >= 4 is 40.4 Å². The van der Waals surface area contributed by atoms with Crippen LogP contribution < -0.4 is 25.6 Å². The highest BCUT2D eigenvalue weighted by Gasteiger charge is 2.54. The van der Waals surface area contributed by atoms with Crippen LogP contribution in [0.5, 0.6) is 0 Å². The maximum Gasteiger partial charge on any atom is 0.251 e. The van der Waals surface area contributed by atoms with Gasteiger partial charge in [0.2, 0.25) is 0 Å². The van der Waals surface area contributed by atoms with Gasteiger partial charge in [0.1, 0.15) is 5.66 Å². The maximum absolute atomic E-state index is 3.53. The molecule has 0 saturated heterocycles. The first-order valence-electron chi connectivity index (χ1n) is 14.1. The van der Waals surface area contributed by atoms with Crippen molar-refractivity contribution in [1.29, 1.82) is 0 Å². The number of para-hydroxylation sites is 3. The standard InChI is InChI=1S/C35H30BN3/c1-35(2)38(26-17-8-4-9-18-26)32-24-14-20-28-34(32)39(35)31-23-11-5-10-22-30-33(31)36(28)27-19-12-13-21-29(27)37(30)25-15-6-3-7-16-25/h4,6,8-9,12-21,23-24H,3,7,11,22H2,1-2H3/b31-23+. The van der Waals surface area contributed by atoms with Crippen LogP contribution >= 0.6 is 0 Å². The summed E-state index contributed by atoms with van der Waals surface area (Å²) in [6.07, 6.45) is 13.1. The summed E-state index contributed by atoms with van der Waals surface area (Å²) in [7, 11) is 0. The van der Waals surface area contributed by atoms with E-state index in [9.17, 15) is 0 Å². The minimum absolute atomic E-state index is 0.171. The van der Waals surface area contributed by atoms with Crippen LogP contribution in [0.25, 0.3) is 0 Å². The molecule has 8 rings (SSSR count).